The Balaban J connectivity index is 1.59. The lowest BCUT2D eigenvalue weighted by Gasteiger charge is -2.50. The van der Waals surface area contributed by atoms with Gasteiger partial charge in [-0.25, -0.2) is 9.29 Å². The van der Waals surface area contributed by atoms with E-state index in [2.05, 4.69) is 0 Å². The number of halogens is 3. The maximum absolute atomic E-state index is 14.3. The van der Waals surface area contributed by atoms with Gasteiger partial charge in [0.2, 0.25) is 11.8 Å². The van der Waals surface area contributed by atoms with Gasteiger partial charge in [0, 0.05) is 18.5 Å². The van der Waals surface area contributed by atoms with Crippen molar-refractivity contribution in [3.8, 4) is 11.5 Å². The molecule has 2 saturated heterocycles. The molecule has 1 N–H and O–H groups in total. The minimum atomic E-state index is -2.13. The number of likely N-dealkylation sites (tertiary alicyclic amines) is 1. The Morgan fingerprint density at radius 3 is 2.40 bits per heavy atom. The Morgan fingerprint density at radius 1 is 1.02 bits per heavy atom. The average molecular weight is 587 g/mol. The van der Waals surface area contributed by atoms with Crippen LogP contribution in [0.3, 0.4) is 0 Å². The van der Waals surface area contributed by atoms with Gasteiger partial charge in [0.15, 0.2) is 21.2 Å². The quantitative estimate of drug-likeness (QED) is 0.328. The fourth-order valence-electron chi connectivity index (χ4n) is 6.95. The molecule has 0 radical (unpaired) electrons. The molecular weight excluding hydrogens is 562 g/mol. The Labute approximate surface area is 239 Å². The first-order valence-corrected chi connectivity index (χ1v) is 13.7. The number of nitrogens with zero attached hydrogens (tertiary/aromatic N) is 2. The number of ether oxygens (including phenoxy) is 1. The van der Waals surface area contributed by atoms with Crippen LogP contribution in [0.1, 0.15) is 31.2 Å². The lowest BCUT2D eigenvalue weighted by atomic mass is 9.56. The van der Waals surface area contributed by atoms with E-state index in [0.29, 0.717) is 5.57 Å². The fraction of sp³-hybridized carbons (Fsp3) is 0.379. The summed E-state index contributed by atoms with van der Waals surface area (Å²) in [6, 6.07) is 9.54. The van der Waals surface area contributed by atoms with Crippen LogP contribution in [0.2, 0.25) is 0 Å². The van der Waals surface area contributed by atoms with Gasteiger partial charge in [-0.05, 0) is 56.0 Å². The summed E-state index contributed by atoms with van der Waals surface area (Å²) in [5.41, 5.74) is 0.834. The van der Waals surface area contributed by atoms with Crippen molar-refractivity contribution in [2.45, 2.75) is 35.4 Å². The first-order valence-electron chi connectivity index (χ1n) is 13.0. The Kier molecular flexibility index (Phi) is 6.05. The van der Waals surface area contributed by atoms with E-state index < -0.39 is 57.0 Å². The van der Waals surface area contributed by atoms with Gasteiger partial charge in [0.1, 0.15) is 5.82 Å². The molecule has 8 nitrogen and oxygen atoms in total. The first-order chi connectivity index (χ1) is 19.0. The van der Waals surface area contributed by atoms with Crippen molar-refractivity contribution >= 4 is 52.5 Å². The van der Waals surface area contributed by atoms with E-state index >= 15 is 0 Å². The van der Waals surface area contributed by atoms with Gasteiger partial charge in [-0.3, -0.25) is 24.1 Å². The van der Waals surface area contributed by atoms with E-state index in [1.807, 2.05) is 0 Å². The lowest BCUT2D eigenvalue weighted by Crippen LogP contribution is -2.60. The number of hydrogen-bond donors (Lipinski definition) is 1. The standard InChI is InChI=1S/C29H25Cl2FN2O6/c1-3-40-20-6-4-5-18(23(20)35)22-16-11-12-17-21(25(37)33(2)24(17)36)19(16)13-28(30)26(38)34(27(39)29(22,28)31)15-9-7-14(32)8-10-15/h4-11,17,19,21-22,35H,3,12-13H2,1-2H3/t17-,19+,21-,22+,28+,29-/m0/s1. The number of amides is 4. The summed E-state index contributed by atoms with van der Waals surface area (Å²) in [6.07, 6.45) is 1.81. The maximum Gasteiger partial charge on any atom is 0.258 e. The molecule has 2 aliphatic carbocycles. The zero-order chi connectivity index (χ0) is 28.7. The number of alkyl halides is 2. The summed E-state index contributed by atoms with van der Waals surface area (Å²) >= 11 is 14.5. The number of para-hydroxylation sites is 1. The predicted molar refractivity (Wildman–Crippen MR) is 144 cm³/mol. The van der Waals surface area contributed by atoms with Crippen LogP contribution >= 0.6 is 23.2 Å². The number of anilines is 1. The molecule has 6 atom stereocenters. The van der Waals surface area contributed by atoms with Gasteiger partial charge in [-0.1, -0.05) is 23.8 Å². The molecule has 11 heteroatoms. The predicted octanol–water partition coefficient (Wildman–Crippen LogP) is 4.12. The number of imide groups is 2. The molecule has 6 rings (SSSR count). The van der Waals surface area contributed by atoms with Crippen LogP contribution in [0, 0.1) is 23.6 Å². The number of fused-ring (bicyclic) bond motifs is 4. The number of carbonyl (C=O) groups excluding carboxylic acids is 4. The number of phenolic OH excluding ortho intramolecular Hbond substituents is 1. The van der Waals surface area contributed by atoms with Crippen LogP contribution < -0.4 is 9.64 Å². The average Bonchev–Trinajstić information content (AvgIpc) is 3.24. The Bertz CT molecular complexity index is 1510. The number of allylic oxidation sites excluding steroid dienone is 2. The van der Waals surface area contributed by atoms with Crippen LogP contribution in [0.5, 0.6) is 11.5 Å². The van der Waals surface area contributed by atoms with Crippen LogP contribution in [0.4, 0.5) is 10.1 Å². The van der Waals surface area contributed by atoms with E-state index in [9.17, 15) is 28.7 Å². The third-order valence-electron chi connectivity index (χ3n) is 8.76. The third kappa shape index (κ3) is 3.31. The van der Waals surface area contributed by atoms with E-state index in [1.165, 1.54) is 19.2 Å². The number of hydrogen-bond acceptors (Lipinski definition) is 6. The highest BCUT2D eigenvalue weighted by Gasteiger charge is 2.76. The third-order valence-corrected chi connectivity index (χ3v) is 10.2. The number of rotatable bonds is 4. The second-order valence-corrected chi connectivity index (χ2v) is 11.9. The summed E-state index contributed by atoms with van der Waals surface area (Å²) < 4.78 is 19.3. The summed E-state index contributed by atoms with van der Waals surface area (Å²) in [5, 5.41) is 11.3. The van der Waals surface area contributed by atoms with Gasteiger partial charge in [0.05, 0.1) is 24.1 Å². The smallest absolute Gasteiger partial charge is 0.258 e. The molecule has 0 spiro atoms. The molecule has 2 heterocycles. The largest absolute Gasteiger partial charge is 0.504 e. The second-order valence-electron chi connectivity index (χ2n) is 10.6. The van der Waals surface area contributed by atoms with Crippen molar-refractivity contribution < 1.29 is 33.4 Å². The molecule has 2 aromatic rings. The molecule has 0 bridgehead atoms. The monoisotopic (exact) mass is 586 g/mol. The molecule has 2 aromatic carbocycles. The molecule has 4 aliphatic rings. The Morgan fingerprint density at radius 2 is 1.73 bits per heavy atom. The van der Waals surface area contributed by atoms with E-state index in [4.69, 9.17) is 27.9 Å². The highest BCUT2D eigenvalue weighted by molar-refractivity contribution is 6.58. The van der Waals surface area contributed by atoms with Crippen molar-refractivity contribution in [1.29, 1.82) is 0 Å². The molecule has 0 unspecified atom stereocenters. The fourth-order valence-corrected chi connectivity index (χ4v) is 7.87. The number of phenols is 1. The minimum Gasteiger partial charge on any atom is -0.504 e. The minimum absolute atomic E-state index is 0.0820. The SMILES string of the molecule is CCOc1cccc([C@H]2C3=CC[C@@H]4C(=O)N(C)C(=O)[C@@H]4[C@@H]3C[C@@]3(Cl)C(=O)N(c4ccc(F)cc4)C(=O)[C@@]23Cl)c1O. The molecule has 3 fully saturated rings. The van der Waals surface area contributed by atoms with Crippen LogP contribution in [0.15, 0.2) is 54.1 Å². The van der Waals surface area contributed by atoms with E-state index in [0.717, 1.165) is 21.9 Å². The van der Waals surface area contributed by atoms with Gasteiger partial charge >= 0.3 is 0 Å². The van der Waals surface area contributed by atoms with Crippen molar-refractivity contribution in [3.63, 3.8) is 0 Å². The van der Waals surface area contributed by atoms with Crippen molar-refractivity contribution in [2.24, 2.45) is 17.8 Å². The highest BCUT2D eigenvalue weighted by atomic mass is 35.5. The van der Waals surface area contributed by atoms with Crippen LogP contribution in [-0.4, -0.2) is 57.0 Å². The Hall–Kier alpha value is -3.43. The van der Waals surface area contributed by atoms with Crippen molar-refractivity contribution in [3.05, 3.63) is 65.5 Å². The number of carbonyl (C=O) groups is 4. The second kappa shape index (κ2) is 9.04. The van der Waals surface area contributed by atoms with Crippen LogP contribution in [-0.2, 0) is 19.2 Å². The number of aromatic hydroxyl groups is 1. The summed E-state index contributed by atoms with van der Waals surface area (Å²) in [7, 11) is 1.42. The first kappa shape index (κ1) is 26.8. The normalized spacial score (nSPS) is 33.1. The summed E-state index contributed by atoms with van der Waals surface area (Å²) in [5.74, 6) is -6.38. The maximum atomic E-state index is 14.3. The zero-order valence-electron chi connectivity index (χ0n) is 21.6. The van der Waals surface area contributed by atoms with Gasteiger partial charge in [0.25, 0.3) is 11.8 Å². The topological polar surface area (TPSA) is 104 Å². The highest BCUT2D eigenvalue weighted by Crippen LogP contribution is 2.66. The molecule has 1 saturated carbocycles. The molecule has 2 aliphatic heterocycles. The van der Waals surface area contributed by atoms with E-state index in [-0.39, 0.29) is 48.1 Å². The lowest BCUT2D eigenvalue weighted by molar-refractivity contribution is -0.138. The molecule has 4 amide bonds. The zero-order valence-corrected chi connectivity index (χ0v) is 23.1. The van der Waals surface area contributed by atoms with Gasteiger partial charge < -0.3 is 9.84 Å². The molecule has 0 aromatic heterocycles. The van der Waals surface area contributed by atoms with Gasteiger partial charge in [-0.15, -0.1) is 23.2 Å². The van der Waals surface area contributed by atoms with Gasteiger partial charge in [-0.2, -0.15) is 0 Å². The van der Waals surface area contributed by atoms with Crippen LogP contribution in [0.25, 0.3) is 0 Å². The molecule has 40 heavy (non-hydrogen) atoms. The van der Waals surface area contributed by atoms with Crippen molar-refractivity contribution in [2.75, 3.05) is 18.6 Å². The van der Waals surface area contributed by atoms with E-state index in [1.54, 1.807) is 31.2 Å². The summed E-state index contributed by atoms with van der Waals surface area (Å²) in [4.78, 5) is 52.3. The van der Waals surface area contributed by atoms with Crippen molar-refractivity contribution in [1.82, 2.24) is 4.90 Å². The number of benzene rings is 2. The summed E-state index contributed by atoms with van der Waals surface area (Å²) in [6.45, 7) is 2.00. The molecule has 208 valence electrons. The molecular formula is C29H25Cl2FN2O6.